The Hall–Kier alpha value is -1.76. The van der Waals surface area contributed by atoms with Crippen LogP contribution in [0.3, 0.4) is 0 Å². The number of anilines is 2. The van der Waals surface area contributed by atoms with Crippen LogP contribution in [-0.4, -0.2) is 42.7 Å². The minimum atomic E-state index is 0. The zero-order chi connectivity index (χ0) is 18.1. The highest BCUT2D eigenvalue weighted by Crippen LogP contribution is 2.31. The lowest BCUT2D eigenvalue weighted by Gasteiger charge is -2.14. The molecule has 0 bridgehead atoms. The maximum atomic E-state index is 5.77. The number of fused-ring (bicyclic) bond motifs is 1. The van der Waals surface area contributed by atoms with Gasteiger partial charge >= 0.3 is 0 Å². The van der Waals surface area contributed by atoms with Gasteiger partial charge < -0.3 is 15.0 Å². The van der Waals surface area contributed by atoms with Crippen LogP contribution in [0.4, 0.5) is 11.5 Å². The zero-order valence-electron chi connectivity index (χ0n) is 15.5. The molecule has 0 amide bonds. The van der Waals surface area contributed by atoms with Gasteiger partial charge in [-0.15, -0.1) is 12.4 Å². The summed E-state index contributed by atoms with van der Waals surface area (Å²) < 4.78 is 8.90. The summed E-state index contributed by atoms with van der Waals surface area (Å²) in [5, 5.41) is 3.59. The number of pyridine rings is 1. The summed E-state index contributed by atoms with van der Waals surface area (Å²) >= 11 is 3.57. The summed E-state index contributed by atoms with van der Waals surface area (Å²) in [6.07, 6.45) is 4.58. The van der Waals surface area contributed by atoms with Crippen LogP contribution in [0.25, 0.3) is 16.9 Å². The van der Waals surface area contributed by atoms with E-state index in [1.807, 2.05) is 26.2 Å². The molecule has 1 aliphatic rings. The quantitative estimate of drug-likeness (QED) is 0.602. The lowest BCUT2D eigenvalue weighted by atomic mass is 10.1. The van der Waals surface area contributed by atoms with Gasteiger partial charge in [0.2, 0.25) is 0 Å². The molecule has 1 fully saturated rings. The van der Waals surface area contributed by atoms with E-state index in [-0.39, 0.29) is 18.5 Å². The molecule has 0 saturated carbocycles. The molecule has 27 heavy (non-hydrogen) atoms. The molecular weight excluding hydrogens is 428 g/mol. The van der Waals surface area contributed by atoms with Gasteiger partial charge in [-0.2, -0.15) is 0 Å². The fourth-order valence-electron chi connectivity index (χ4n) is 3.32. The average molecular weight is 452 g/mol. The van der Waals surface area contributed by atoms with E-state index in [1.165, 1.54) is 5.69 Å². The van der Waals surface area contributed by atoms with Crippen molar-refractivity contribution in [2.24, 2.45) is 0 Å². The van der Waals surface area contributed by atoms with Gasteiger partial charge in [0.15, 0.2) is 0 Å². The van der Waals surface area contributed by atoms with E-state index in [2.05, 4.69) is 61.0 Å². The molecule has 7 heteroatoms. The van der Waals surface area contributed by atoms with E-state index in [1.54, 1.807) is 0 Å². The number of nitrogens with zero attached hydrogens (tertiary/aromatic N) is 3. The first-order valence-electron chi connectivity index (χ1n) is 8.92. The van der Waals surface area contributed by atoms with Crippen LogP contribution in [0, 0.1) is 0 Å². The van der Waals surface area contributed by atoms with Crippen molar-refractivity contribution in [1.82, 2.24) is 9.38 Å². The second-order valence-corrected chi connectivity index (χ2v) is 7.76. The van der Waals surface area contributed by atoms with E-state index in [0.717, 1.165) is 53.2 Å². The number of rotatable bonds is 5. The van der Waals surface area contributed by atoms with E-state index < -0.39 is 0 Å². The predicted octanol–water partition coefficient (Wildman–Crippen LogP) is 4.84. The summed E-state index contributed by atoms with van der Waals surface area (Å²) in [6.45, 7) is 1.66. The van der Waals surface area contributed by atoms with Crippen LogP contribution in [0.5, 0.6) is 0 Å². The number of hydrogen-bond donors (Lipinski definition) is 1. The van der Waals surface area contributed by atoms with Crippen LogP contribution in [0.15, 0.2) is 47.1 Å². The predicted molar refractivity (Wildman–Crippen MR) is 117 cm³/mol. The van der Waals surface area contributed by atoms with Crippen LogP contribution < -0.4 is 10.2 Å². The Morgan fingerprint density at radius 2 is 2.00 bits per heavy atom. The SMILES string of the molecule is CN(C)c1ccc(-c2nc3ccc(Br)cn3c2NCC2CCCO2)cc1.Cl. The van der Waals surface area contributed by atoms with Crippen LogP contribution in [0.1, 0.15) is 12.8 Å². The monoisotopic (exact) mass is 450 g/mol. The largest absolute Gasteiger partial charge is 0.378 e. The molecule has 3 aromatic rings. The number of halogens is 2. The number of imidazole rings is 1. The molecule has 1 N–H and O–H groups in total. The second kappa shape index (κ2) is 8.50. The van der Waals surface area contributed by atoms with Crippen molar-refractivity contribution >= 4 is 45.5 Å². The van der Waals surface area contributed by atoms with Crippen molar-refractivity contribution in [3.05, 3.63) is 47.1 Å². The van der Waals surface area contributed by atoms with Gasteiger partial charge in [0.1, 0.15) is 17.2 Å². The fraction of sp³-hybridized carbons (Fsp3) is 0.350. The molecular formula is C20H24BrClN4O. The number of nitrogens with one attached hydrogen (secondary N) is 1. The number of benzene rings is 1. The molecule has 0 aliphatic carbocycles. The average Bonchev–Trinajstić information content (AvgIpc) is 3.27. The summed E-state index contributed by atoms with van der Waals surface area (Å²) in [7, 11) is 4.10. The Morgan fingerprint density at radius 3 is 2.67 bits per heavy atom. The maximum Gasteiger partial charge on any atom is 0.139 e. The van der Waals surface area contributed by atoms with Gasteiger partial charge in [-0.25, -0.2) is 4.98 Å². The summed E-state index contributed by atoms with van der Waals surface area (Å²) in [5.41, 5.74) is 4.17. The standard InChI is InChI=1S/C20H23BrN4O.ClH/c1-24(2)16-8-5-14(6-9-16)19-20(22-12-17-4-3-11-26-17)25-13-15(21)7-10-18(25)23-19;/h5-10,13,17,22H,3-4,11-12H2,1-2H3;1H. The maximum absolute atomic E-state index is 5.77. The van der Waals surface area contributed by atoms with Gasteiger partial charge in [-0.3, -0.25) is 4.40 Å². The molecule has 1 aromatic carbocycles. The molecule has 0 spiro atoms. The van der Waals surface area contributed by atoms with Gasteiger partial charge in [0.05, 0.1) is 6.10 Å². The van der Waals surface area contributed by atoms with Crippen molar-refractivity contribution in [1.29, 1.82) is 0 Å². The molecule has 3 heterocycles. The molecule has 1 unspecified atom stereocenters. The fourth-order valence-corrected chi connectivity index (χ4v) is 3.66. The van der Waals surface area contributed by atoms with E-state index in [9.17, 15) is 0 Å². The highest BCUT2D eigenvalue weighted by Gasteiger charge is 2.19. The number of aromatic nitrogens is 2. The highest BCUT2D eigenvalue weighted by molar-refractivity contribution is 9.10. The highest BCUT2D eigenvalue weighted by atomic mass is 79.9. The number of ether oxygens (including phenoxy) is 1. The smallest absolute Gasteiger partial charge is 0.139 e. The van der Waals surface area contributed by atoms with Crippen molar-refractivity contribution in [2.75, 3.05) is 37.5 Å². The van der Waals surface area contributed by atoms with E-state index in [4.69, 9.17) is 9.72 Å². The van der Waals surface area contributed by atoms with Crippen LogP contribution in [0.2, 0.25) is 0 Å². The molecule has 144 valence electrons. The van der Waals surface area contributed by atoms with Gasteiger partial charge in [-0.1, -0.05) is 12.1 Å². The topological polar surface area (TPSA) is 41.8 Å². The molecule has 0 radical (unpaired) electrons. The lowest BCUT2D eigenvalue weighted by Crippen LogP contribution is -2.19. The Labute approximate surface area is 174 Å². The Kier molecular flexibility index (Phi) is 6.29. The minimum Gasteiger partial charge on any atom is -0.378 e. The van der Waals surface area contributed by atoms with Crippen molar-refractivity contribution < 1.29 is 4.74 Å². The molecule has 1 atom stereocenters. The summed E-state index contributed by atoms with van der Waals surface area (Å²) in [6, 6.07) is 12.6. The van der Waals surface area contributed by atoms with Crippen molar-refractivity contribution in [3.8, 4) is 11.3 Å². The Morgan fingerprint density at radius 1 is 1.22 bits per heavy atom. The normalized spacial score (nSPS) is 16.3. The first-order valence-corrected chi connectivity index (χ1v) is 9.72. The number of hydrogen-bond acceptors (Lipinski definition) is 4. The molecule has 4 rings (SSSR count). The van der Waals surface area contributed by atoms with Crippen molar-refractivity contribution in [2.45, 2.75) is 18.9 Å². The molecule has 2 aromatic heterocycles. The first-order chi connectivity index (χ1) is 12.6. The van der Waals surface area contributed by atoms with E-state index in [0.29, 0.717) is 0 Å². The Balaban J connectivity index is 0.00000210. The minimum absolute atomic E-state index is 0. The molecule has 5 nitrogen and oxygen atoms in total. The summed E-state index contributed by atoms with van der Waals surface area (Å²) in [5.74, 6) is 1.01. The first kappa shape index (κ1) is 20.0. The zero-order valence-corrected chi connectivity index (χ0v) is 17.9. The summed E-state index contributed by atoms with van der Waals surface area (Å²) in [4.78, 5) is 6.97. The van der Waals surface area contributed by atoms with Gasteiger partial charge in [0, 0.05) is 49.2 Å². The third-order valence-corrected chi connectivity index (χ3v) is 5.23. The Bertz CT molecular complexity index is 904. The van der Waals surface area contributed by atoms with E-state index >= 15 is 0 Å². The van der Waals surface area contributed by atoms with Gasteiger partial charge in [0.25, 0.3) is 0 Å². The molecule has 1 saturated heterocycles. The molecule has 1 aliphatic heterocycles. The van der Waals surface area contributed by atoms with Crippen LogP contribution >= 0.6 is 28.3 Å². The van der Waals surface area contributed by atoms with Gasteiger partial charge in [-0.05, 0) is 53.0 Å². The third kappa shape index (κ3) is 4.23. The second-order valence-electron chi connectivity index (χ2n) is 6.84. The third-order valence-electron chi connectivity index (χ3n) is 4.76. The van der Waals surface area contributed by atoms with Crippen LogP contribution in [-0.2, 0) is 4.74 Å². The van der Waals surface area contributed by atoms with Crippen molar-refractivity contribution in [3.63, 3.8) is 0 Å². The lowest BCUT2D eigenvalue weighted by molar-refractivity contribution is 0.120.